The molecule has 3 heteroatoms. The number of benzene rings is 7. The number of nitrogens with zero attached hydrogens (tertiary/aromatic N) is 2. The minimum absolute atomic E-state index is 0.938. The molecule has 1 aliphatic carbocycles. The largest absolute Gasteiger partial charge is 0.455 e. The molecule has 0 amide bonds. The SMILES string of the molecule is c1ccc(N(c2ccccc2)c2ccc3c(c2)c2c4oc5c6c(ccc5c4ccc2n3-c2ccccc2)Cc2ccccc2-6)cc1. The number of para-hydroxylation sites is 3. The first-order valence-electron chi connectivity index (χ1n) is 15.8. The highest BCUT2D eigenvalue weighted by Crippen LogP contribution is 2.47. The van der Waals surface area contributed by atoms with E-state index in [9.17, 15) is 0 Å². The number of hydrogen-bond acceptors (Lipinski definition) is 2. The van der Waals surface area contributed by atoms with Crippen molar-refractivity contribution >= 4 is 60.8 Å². The van der Waals surface area contributed by atoms with Gasteiger partial charge in [0.05, 0.1) is 16.4 Å². The fourth-order valence-electron chi connectivity index (χ4n) is 7.59. The summed E-state index contributed by atoms with van der Waals surface area (Å²) in [6.45, 7) is 0. The lowest BCUT2D eigenvalue weighted by Gasteiger charge is -2.25. The van der Waals surface area contributed by atoms with Crippen molar-refractivity contribution < 1.29 is 4.42 Å². The zero-order valence-corrected chi connectivity index (χ0v) is 25.0. The van der Waals surface area contributed by atoms with Crippen LogP contribution in [-0.2, 0) is 6.42 Å². The quantitative estimate of drug-likeness (QED) is 0.204. The van der Waals surface area contributed by atoms with Gasteiger partial charge in [0.25, 0.3) is 0 Å². The first kappa shape index (κ1) is 25.3. The van der Waals surface area contributed by atoms with Gasteiger partial charge in [0.15, 0.2) is 0 Å². The number of aromatic nitrogens is 1. The molecule has 3 nitrogen and oxygen atoms in total. The zero-order chi connectivity index (χ0) is 30.2. The summed E-state index contributed by atoms with van der Waals surface area (Å²) >= 11 is 0. The van der Waals surface area contributed by atoms with Crippen LogP contribution in [0, 0.1) is 0 Å². The minimum atomic E-state index is 0.938. The van der Waals surface area contributed by atoms with Crippen LogP contribution in [0.25, 0.3) is 60.6 Å². The fourth-order valence-corrected chi connectivity index (χ4v) is 7.59. The lowest BCUT2D eigenvalue weighted by atomic mass is 10.0. The molecule has 9 aromatic rings. The van der Waals surface area contributed by atoms with Gasteiger partial charge in [-0.3, -0.25) is 0 Å². The highest BCUT2D eigenvalue weighted by atomic mass is 16.3. The van der Waals surface area contributed by atoms with Crippen molar-refractivity contribution in [1.82, 2.24) is 4.57 Å². The smallest absolute Gasteiger partial charge is 0.145 e. The topological polar surface area (TPSA) is 21.3 Å². The first-order valence-corrected chi connectivity index (χ1v) is 15.8. The van der Waals surface area contributed by atoms with Crippen LogP contribution in [0.1, 0.15) is 11.1 Å². The van der Waals surface area contributed by atoms with Crippen LogP contribution in [0.5, 0.6) is 0 Å². The maximum Gasteiger partial charge on any atom is 0.145 e. The summed E-state index contributed by atoms with van der Waals surface area (Å²) in [6.07, 6.45) is 0.944. The molecule has 0 N–H and O–H groups in total. The maximum absolute atomic E-state index is 7.07. The summed E-state index contributed by atoms with van der Waals surface area (Å²) in [4.78, 5) is 2.33. The van der Waals surface area contributed by atoms with Crippen molar-refractivity contribution in [2.24, 2.45) is 0 Å². The Morgan fingerprint density at radius 3 is 1.87 bits per heavy atom. The number of hydrogen-bond donors (Lipinski definition) is 0. The maximum atomic E-state index is 7.07. The average molecular weight is 589 g/mol. The van der Waals surface area contributed by atoms with Crippen molar-refractivity contribution in [3.05, 3.63) is 169 Å². The average Bonchev–Trinajstić information content (AvgIpc) is 3.79. The van der Waals surface area contributed by atoms with Gasteiger partial charge in [-0.05, 0) is 89.8 Å². The predicted molar refractivity (Wildman–Crippen MR) is 191 cm³/mol. The van der Waals surface area contributed by atoms with E-state index in [1.165, 1.54) is 27.6 Å². The molecule has 0 spiro atoms. The van der Waals surface area contributed by atoms with Crippen LogP contribution in [0.2, 0.25) is 0 Å². The highest BCUT2D eigenvalue weighted by Gasteiger charge is 2.26. The third-order valence-electron chi connectivity index (χ3n) is 9.57. The molecule has 46 heavy (non-hydrogen) atoms. The molecular formula is C43H28N2O. The van der Waals surface area contributed by atoms with Gasteiger partial charge in [0.2, 0.25) is 0 Å². The van der Waals surface area contributed by atoms with Crippen LogP contribution < -0.4 is 4.90 Å². The van der Waals surface area contributed by atoms with Crippen molar-refractivity contribution in [2.45, 2.75) is 6.42 Å². The van der Waals surface area contributed by atoms with E-state index in [0.29, 0.717) is 0 Å². The van der Waals surface area contributed by atoms with Gasteiger partial charge in [0, 0.05) is 44.5 Å². The molecule has 0 bridgehead atoms. The van der Waals surface area contributed by atoms with Crippen molar-refractivity contribution in [1.29, 1.82) is 0 Å². The van der Waals surface area contributed by atoms with E-state index in [-0.39, 0.29) is 0 Å². The Labute approximate surface area is 266 Å². The van der Waals surface area contributed by atoms with E-state index < -0.39 is 0 Å². The molecule has 0 saturated carbocycles. The minimum Gasteiger partial charge on any atom is -0.455 e. The molecule has 7 aromatic carbocycles. The summed E-state index contributed by atoms with van der Waals surface area (Å²) in [6, 6.07) is 56.5. The number of rotatable bonds is 4. The predicted octanol–water partition coefficient (Wildman–Crippen LogP) is 11.7. The van der Waals surface area contributed by atoms with E-state index in [1.807, 2.05) is 0 Å². The molecule has 0 saturated heterocycles. The van der Waals surface area contributed by atoms with Crippen molar-refractivity contribution in [3.8, 4) is 16.8 Å². The van der Waals surface area contributed by atoms with Crippen LogP contribution in [0.15, 0.2) is 162 Å². The van der Waals surface area contributed by atoms with Gasteiger partial charge >= 0.3 is 0 Å². The van der Waals surface area contributed by atoms with E-state index >= 15 is 0 Å². The lowest BCUT2D eigenvalue weighted by molar-refractivity contribution is 0.674. The Kier molecular flexibility index (Phi) is 5.34. The van der Waals surface area contributed by atoms with Gasteiger partial charge in [-0.25, -0.2) is 0 Å². The highest BCUT2D eigenvalue weighted by molar-refractivity contribution is 6.25. The van der Waals surface area contributed by atoms with Gasteiger partial charge in [-0.2, -0.15) is 0 Å². The molecule has 2 aromatic heterocycles. The molecule has 216 valence electrons. The lowest BCUT2D eigenvalue weighted by Crippen LogP contribution is -2.09. The molecule has 10 rings (SSSR count). The Morgan fingerprint density at radius 1 is 0.478 bits per heavy atom. The van der Waals surface area contributed by atoms with Crippen LogP contribution in [0.3, 0.4) is 0 Å². The van der Waals surface area contributed by atoms with Crippen molar-refractivity contribution in [2.75, 3.05) is 4.90 Å². The van der Waals surface area contributed by atoms with Gasteiger partial charge < -0.3 is 13.9 Å². The molecule has 2 heterocycles. The van der Waals surface area contributed by atoms with Gasteiger partial charge in [-0.1, -0.05) is 91.0 Å². The Morgan fingerprint density at radius 2 is 1.11 bits per heavy atom. The van der Waals surface area contributed by atoms with E-state index in [4.69, 9.17) is 4.42 Å². The van der Waals surface area contributed by atoms with E-state index in [0.717, 1.165) is 67.5 Å². The van der Waals surface area contributed by atoms with Gasteiger partial charge in [-0.15, -0.1) is 0 Å². The Hall–Kier alpha value is -6.06. The number of furan rings is 1. The van der Waals surface area contributed by atoms with E-state index in [2.05, 4.69) is 167 Å². The molecular weight excluding hydrogens is 560 g/mol. The second kappa shape index (κ2) is 9.72. The Balaban J connectivity index is 1.31. The van der Waals surface area contributed by atoms with E-state index in [1.54, 1.807) is 0 Å². The third-order valence-corrected chi connectivity index (χ3v) is 9.57. The summed E-state index contributed by atoms with van der Waals surface area (Å²) < 4.78 is 9.44. The summed E-state index contributed by atoms with van der Waals surface area (Å²) in [5, 5.41) is 4.61. The summed E-state index contributed by atoms with van der Waals surface area (Å²) in [7, 11) is 0. The van der Waals surface area contributed by atoms with Crippen LogP contribution in [-0.4, -0.2) is 4.57 Å². The van der Waals surface area contributed by atoms with Crippen molar-refractivity contribution in [3.63, 3.8) is 0 Å². The fraction of sp³-hybridized carbons (Fsp3) is 0.0233. The number of anilines is 3. The monoisotopic (exact) mass is 588 g/mol. The standard InChI is InChI=1S/C43H28N2O/c1-4-13-30(14-5-1)44(31-15-6-2-7-16-31)33-21-24-38-37(27-33)41-39(45(38)32-17-8-3-9-18-32)25-23-36-35-22-20-29-26-28-12-10-11-19-34(28)40(29)42(35)46-43(36)41/h1-25,27H,26H2. The van der Waals surface area contributed by atoms with Crippen LogP contribution in [0.4, 0.5) is 17.1 Å². The second-order valence-electron chi connectivity index (χ2n) is 12.1. The molecule has 1 aliphatic rings. The van der Waals surface area contributed by atoms with Crippen LogP contribution >= 0.6 is 0 Å². The number of fused-ring (bicyclic) bond motifs is 11. The molecule has 0 aliphatic heterocycles. The normalized spacial score (nSPS) is 12.3. The van der Waals surface area contributed by atoms with Gasteiger partial charge in [0.1, 0.15) is 11.2 Å². The third kappa shape index (κ3) is 3.60. The molecule has 0 unspecified atom stereocenters. The summed E-state index contributed by atoms with van der Waals surface area (Å²) in [5.74, 6) is 0. The summed E-state index contributed by atoms with van der Waals surface area (Å²) in [5.41, 5.74) is 13.9. The second-order valence-corrected chi connectivity index (χ2v) is 12.1. The Bertz CT molecular complexity index is 2560. The molecule has 0 atom stereocenters. The zero-order valence-electron chi connectivity index (χ0n) is 25.0. The molecule has 0 fully saturated rings. The first-order chi connectivity index (χ1) is 22.8. The molecule has 0 radical (unpaired) electrons.